The minimum atomic E-state index is -4.65. The van der Waals surface area contributed by atoms with Crippen molar-refractivity contribution in [3.63, 3.8) is 0 Å². The van der Waals surface area contributed by atoms with Crippen LogP contribution in [-0.4, -0.2) is 38.0 Å². The molecule has 1 unspecified atom stereocenters. The lowest BCUT2D eigenvalue weighted by atomic mass is 10.1. The average Bonchev–Trinajstić information content (AvgIpc) is 2.45. The highest BCUT2D eigenvalue weighted by Crippen LogP contribution is 2.34. The van der Waals surface area contributed by atoms with E-state index in [0.717, 1.165) is 12.1 Å². The van der Waals surface area contributed by atoms with E-state index in [1.807, 2.05) is 0 Å². The Hall–Kier alpha value is -2.09. The van der Waals surface area contributed by atoms with Crippen LogP contribution in [0.2, 0.25) is 0 Å². The van der Waals surface area contributed by atoms with Gasteiger partial charge in [-0.2, -0.15) is 13.2 Å². The van der Waals surface area contributed by atoms with Gasteiger partial charge in [-0.3, -0.25) is 9.59 Å². The minimum Gasteiger partial charge on any atom is -0.377 e. The molecule has 0 saturated carbocycles. The Balaban J connectivity index is 2.44. The van der Waals surface area contributed by atoms with E-state index in [1.54, 1.807) is 0 Å². The van der Waals surface area contributed by atoms with Crippen molar-refractivity contribution in [3.8, 4) is 0 Å². The quantitative estimate of drug-likeness (QED) is 0.852. The van der Waals surface area contributed by atoms with Crippen molar-refractivity contribution < 1.29 is 27.5 Å². The van der Waals surface area contributed by atoms with Crippen LogP contribution in [0, 0.1) is 0 Å². The summed E-state index contributed by atoms with van der Waals surface area (Å²) in [4.78, 5) is 23.5. The number of hydrogen-bond acceptors (Lipinski definition) is 4. The van der Waals surface area contributed by atoms with Crippen LogP contribution in [0.3, 0.4) is 0 Å². The van der Waals surface area contributed by atoms with Crippen LogP contribution in [0.15, 0.2) is 18.2 Å². The molecule has 1 atom stereocenters. The van der Waals surface area contributed by atoms with E-state index < -0.39 is 29.3 Å². The molecular formula is C13H13F3N2O3. The van der Waals surface area contributed by atoms with Gasteiger partial charge in [0.2, 0.25) is 5.91 Å². The molecule has 2 N–H and O–H groups in total. The molecule has 8 heteroatoms. The number of hydrogen-bond donors (Lipinski definition) is 1. The Morgan fingerprint density at radius 2 is 2.14 bits per heavy atom. The highest BCUT2D eigenvalue weighted by molar-refractivity contribution is 5.85. The first-order valence-corrected chi connectivity index (χ1v) is 6.14. The van der Waals surface area contributed by atoms with Crippen LogP contribution in [0.25, 0.3) is 0 Å². The van der Waals surface area contributed by atoms with Gasteiger partial charge in [-0.15, -0.1) is 0 Å². The van der Waals surface area contributed by atoms with Crippen LogP contribution in [0.5, 0.6) is 0 Å². The number of nitrogens with two attached hydrogens (primary N) is 1. The highest BCUT2D eigenvalue weighted by atomic mass is 19.4. The number of aldehydes is 1. The number of alkyl halides is 3. The maximum absolute atomic E-state index is 12.9. The number of halogens is 3. The third-order valence-electron chi connectivity index (χ3n) is 3.26. The van der Waals surface area contributed by atoms with Gasteiger partial charge in [0.1, 0.15) is 6.04 Å². The number of morpholine rings is 1. The van der Waals surface area contributed by atoms with E-state index in [-0.39, 0.29) is 31.7 Å². The van der Waals surface area contributed by atoms with Crippen LogP contribution >= 0.6 is 0 Å². The summed E-state index contributed by atoms with van der Waals surface area (Å²) < 4.78 is 44.0. The number of nitrogens with zero attached hydrogens (tertiary/aromatic N) is 1. The smallest absolute Gasteiger partial charge is 0.377 e. The molecule has 1 aliphatic rings. The lowest BCUT2D eigenvalue weighted by Gasteiger charge is -2.35. The molecule has 5 nitrogen and oxygen atoms in total. The first-order chi connectivity index (χ1) is 9.84. The summed E-state index contributed by atoms with van der Waals surface area (Å²) in [6, 6.07) is 2.46. The number of carbonyl (C=O) groups excluding carboxylic acids is 2. The highest BCUT2D eigenvalue weighted by Gasteiger charge is 2.35. The first-order valence-electron chi connectivity index (χ1n) is 6.14. The zero-order valence-corrected chi connectivity index (χ0v) is 10.9. The van der Waals surface area contributed by atoms with E-state index in [2.05, 4.69) is 0 Å². The zero-order valence-electron chi connectivity index (χ0n) is 10.9. The van der Waals surface area contributed by atoms with Crippen LogP contribution in [0.1, 0.15) is 15.9 Å². The van der Waals surface area contributed by atoms with Crippen molar-refractivity contribution in [3.05, 3.63) is 29.3 Å². The van der Waals surface area contributed by atoms with Crippen molar-refractivity contribution >= 4 is 17.9 Å². The second-order valence-electron chi connectivity index (χ2n) is 4.57. The molecule has 1 aliphatic heterocycles. The second kappa shape index (κ2) is 5.72. The predicted molar refractivity (Wildman–Crippen MR) is 68.0 cm³/mol. The van der Waals surface area contributed by atoms with Gasteiger partial charge in [0.25, 0.3) is 0 Å². The van der Waals surface area contributed by atoms with Crippen LogP contribution in [-0.2, 0) is 15.7 Å². The molecule has 0 radical (unpaired) electrons. The molecular weight excluding hydrogens is 289 g/mol. The molecule has 1 heterocycles. The standard InChI is InChI=1S/C13H13F3N2O3/c14-13(15,16)10-5-9(2-1-8(10)6-19)18-3-4-21-7-11(18)12(17)20/h1-2,5-6,11H,3-4,7H2,(H2,17,20). The van der Waals surface area contributed by atoms with Gasteiger partial charge in [-0.05, 0) is 18.2 Å². The Morgan fingerprint density at radius 1 is 1.43 bits per heavy atom. The van der Waals surface area contributed by atoms with Crippen molar-refractivity contribution in [1.82, 2.24) is 0 Å². The Labute approximate surface area is 118 Å². The molecule has 0 spiro atoms. The lowest BCUT2D eigenvalue weighted by Crippen LogP contribution is -2.52. The number of carbonyl (C=O) groups is 2. The van der Waals surface area contributed by atoms with Crippen molar-refractivity contribution in [2.45, 2.75) is 12.2 Å². The van der Waals surface area contributed by atoms with Gasteiger partial charge >= 0.3 is 6.18 Å². The molecule has 1 saturated heterocycles. The van der Waals surface area contributed by atoms with Gasteiger partial charge < -0.3 is 15.4 Å². The molecule has 0 aromatic heterocycles. The van der Waals surface area contributed by atoms with E-state index in [9.17, 15) is 22.8 Å². The number of amides is 1. The van der Waals surface area contributed by atoms with Crippen LogP contribution < -0.4 is 10.6 Å². The molecule has 1 aromatic carbocycles. The van der Waals surface area contributed by atoms with E-state index in [1.165, 1.54) is 11.0 Å². The van der Waals surface area contributed by atoms with Crippen molar-refractivity contribution in [2.75, 3.05) is 24.7 Å². The topological polar surface area (TPSA) is 72.6 Å². The summed E-state index contributed by atoms with van der Waals surface area (Å²) >= 11 is 0. The number of rotatable bonds is 3. The van der Waals surface area contributed by atoms with E-state index in [4.69, 9.17) is 10.5 Å². The van der Waals surface area contributed by atoms with Gasteiger partial charge in [0.15, 0.2) is 6.29 Å². The van der Waals surface area contributed by atoms with Crippen molar-refractivity contribution in [2.24, 2.45) is 5.73 Å². The van der Waals surface area contributed by atoms with Gasteiger partial charge in [0.05, 0.1) is 18.8 Å². The minimum absolute atomic E-state index is 0.0200. The van der Waals surface area contributed by atoms with Gasteiger partial charge in [-0.25, -0.2) is 0 Å². The molecule has 0 bridgehead atoms. The van der Waals surface area contributed by atoms with E-state index in [0.29, 0.717) is 0 Å². The van der Waals surface area contributed by atoms with Crippen LogP contribution in [0.4, 0.5) is 18.9 Å². The average molecular weight is 302 g/mol. The maximum atomic E-state index is 12.9. The number of anilines is 1. The largest absolute Gasteiger partial charge is 0.417 e. The fourth-order valence-electron chi connectivity index (χ4n) is 2.22. The monoisotopic (exact) mass is 302 g/mol. The Kier molecular flexibility index (Phi) is 4.17. The third-order valence-corrected chi connectivity index (χ3v) is 3.26. The number of ether oxygens (including phenoxy) is 1. The lowest BCUT2D eigenvalue weighted by molar-refractivity contribution is -0.137. The number of primary amides is 1. The summed E-state index contributed by atoms with van der Waals surface area (Å²) in [5, 5.41) is 0. The molecule has 1 aromatic rings. The summed E-state index contributed by atoms with van der Waals surface area (Å²) in [7, 11) is 0. The molecule has 21 heavy (non-hydrogen) atoms. The third kappa shape index (κ3) is 3.15. The fourth-order valence-corrected chi connectivity index (χ4v) is 2.22. The second-order valence-corrected chi connectivity index (χ2v) is 4.57. The SMILES string of the molecule is NC(=O)C1COCCN1c1ccc(C=O)c(C(F)(F)F)c1. The Morgan fingerprint density at radius 3 is 2.71 bits per heavy atom. The molecule has 114 valence electrons. The van der Waals surface area contributed by atoms with E-state index >= 15 is 0 Å². The normalized spacial score (nSPS) is 19.4. The summed E-state index contributed by atoms with van der Waals surface area (Å²) in [5.74, 6) is -0.678. The summed E-state index contributed by atoms with van der Waals surface area (Å²) in [6.45, 7) is 0.540. The molecule has 0 aliphatic carbocycles. The molecule has 2 rings (SSSR count). The number of benzene rings is 1. The maximum Gasteiger partial charge on any atom is 0.417 e. The fraction of sp³-hybridized carbons (Fsp3) is 0.385. The van der Waals surface area contributed by atoms with Crippen molar-refractivity contribution in [1.29, 1.82) is 0 Å². The molecule has 1 fully saturated rings. The molecule has 1 amide bonds. The van der Waals surface area contributed by atoms with Gasteiger partial charge in [0, 0.05) is 17.8 Å². The summed E-state index contributed by atoms with van der Waals surface area (Å²) in [6.07, 6.45) is -4.50. The zero-order chi connectivity index (χ0) is 15.6. The Bertz CT molecular complexity index is 560. The van der Waals surface area contributed by atoms with Gasteiger partial charge in [-0.1, -0.05) is 0 Å². The first kappa shape index (κ1) is 15.3. The summed E-state index contributed by atoms with van der Waals surface area (Å²) in [5.41, 5.74) is 3.93. The predicted octanol–water partition coefficient (Wildman–Crippen LogP) is 1.21.